The van der Waals surface area contributed by atoms with E-state index >= 15 is 0 Å². The minimum absolute atomic E-state index is 0.0882. The number of carbonyl (C=O) groups excluding carboxylic acids is 2. The second-order valence-electron chi connectivity index (χ2n) is 7.82. The predicted molar refractivity (Wildman–Crippen MR) is 117 cm³/mol. The summed E-state index contributed by atoms with van der Waals surface area (Å²) in [5.41, 5.74) is 0.0806. The number of nitriles is 1. The largest absolute Gasteiger partial charge is 0.465 e. The highest BCUT2D eigenvalue weighted by molar-refractivity contribution is 5.94. The van der Waals surface area contributed by atoms with Crippen molar-refractivity contribution in [1.82, 2.24) is 10.6 Å². The van der Waals surface area contributed by atoms with Crippen LogP contribution in [0.4, 0.5) is 13.2 Å². The Balaban J connectivity index is 2.69. The van der Waals surface area contributed by atoms with Gasteiger partial charge in [-0.05, 0) is 29.5 Å². The smallest absolute Gasteiger partial charge is 0.407 e. The second-order valence-corrected chi connectivity index (χ2v) is 7.82. The molecule has 2 unspecified atom stereocenters. The third-order valence-electron chi connectivity index (χ3n) is 4.95. The van der Waals surface area contributed by atoms with Gasteiger partial charge in [0.2, 0.25) is 5.91 Å². The Morgan fingerprint density at radius 1 is 1.09 bits per heavy atom. The molecule has 0 saturated heterocycles. The van der Waals surface area contributed by atoms with Gasteiger partial charge in [0.25, 0.3) is 0 Å². The monoisotopic (exact) mass is 461 g/mol. The van der Waals surface area contributed by atoms with E-state index in [4.69, 9.17) is 10.00 Å². The van der Waals surface area contributed by atoms with Crippen LogP contribution in [0.15, 0.2) is 48.5 Å². The molecule has 176 valence electrons. The Kier molecular flexibility index (Phi) is 9.00. The first-order chi connectivity index (χ1) is 15.6. The van der Waals surface area contributed by atoms with E-state index in [1.54, 1.807) is 50.2 Å². The van der Waals surface area contributed by atoms with Crippen molar-refractivity contribution in [2.45, 2.75) is 38.5 Å². The normalized spacial score (nSPS) is 13.2. The third kappa shape index (κ3) is 6.80. The van der Waals surface area contributed by atoms with Crippen LogP contribution in [0.5, 0.6) is 0 Å². The topological polar surface area (TPSA) is 91.2 Å². The van der Waals surface area contributed by atoms with Gasteiger partial charge in [0, 0.05) is 5.56 Å². The van der Waals surface area contributed by atoms with E-state index in [1.807, 2.05) is 0 Å². The molecule has 0 heterocycles. The van der Waals surface area contributed by atoms with Gasteiger partial charge in [-0.15, -0.1) is 0 Å². The number of carbonyl (C=O) groups is 2. The number of nitrogens with zero attached hydrogens (tertiary/aromatic N) is 1. The van der Waals surface area contributed by atoms with E-state index in [1.165, 1.54) is 18.2 Å². The zero-order chi connectivity index (χ0) is 24.6. The lowest BCUT2D eigenvalue weighted by Gasteiger charge is -2.30. The van der Waals surface area contributed by atoms with Crippen LogP contribution in [0.25, 0.3) is 11.1 Å². The maximum atomic E-state index is 14.5. The van der Waals surface area contributed by atoms with Crippen LogP contribution in [0.2, 0.25) is 0 Å². The molecule has 2 N–H and O–H groups in total. The molecule has 0 fully saturated rings. The maximum absolute atomic E-state index is 14.5. The second kappa shape index (κ2) is 11.5. The number of ether oxygens (including phenoxy) is 1. The van der Waals surface area contributed by atoms with E-state index in [-0.39, 0.29) is 35.6 Å². The molecule has 6 nitrogen and oxygen atoms in total. The SMILES string of the molecule is COC(=O)c1cccc(-c2ccccc2)c1C(NC(CC(C)C)C(=O)NCC#N)C(F)(F)F. The van der Waals surface area contributed by atoms with Crippen molar-refractivity contribution in [2.24, 2.45) is 5.92 Å². The number of rotatable bonds is 9. The number of hydrogen-bond donors (Lipinski definition) is 2. The number of nitrogens with one attached hydrogen (secondary N) is 2. The number of methoxy groups -OCH3 is 1. The first kappa shape index (κ1) is 25.9. The minimum atomic E-state index is -4.85. The molecule has 0 aliphatic rings. The highest BCUT2D eigenvalue weighted by atomic mass is 19.4. The first-order valence-corrected chi connectivity index (χ1v) is 10.3. The predicted octanol–water partition coefficient (Wildman–Crippen LogP) is 4.39. The molecule has 33 heavy (non-hydrogen) atoms. The Morgan fingerprint density at radius 2 is 1.76 bits per heavy atom. The molecule has 0 saturated carbocycles. The molecule has 0 aromatic heterocycles. The van der Waals surface area contributed by atoms with Gasteiger partial charge in [-0.1, -0.05) is 56.3 Å². The molecule has 0 aliphatic heterocycles. The Morgan fingerprint density at radius 3 is 2.30 bits per heavy atom. The summed E-state index contributed by atoms with van der Waals surface area (Å²) in [5.74, 6) is -1.77. The molecule has 0 spiro atoms. The van der Waals surface area contributed by atoms with Crippen LogP contribution >= 0.6 is 0 Å². The molecule has 9 heteroatoms. The Bertz CT molecular complexity index is 1000. The Labute approximate surface area is 190 Å². The average molecular weight is 461 g/mol. The average Bonchev–Trinajstić information content (AvgIpc) is 2.78. The van der Waals surface area contributed by atoms with Crippen molar-refractivity contribution < 1.29 is 27.5 Å². The third-order valence-corrected chi connectivity index (χ3v) is 4.95. The van der Waals surface area contributed by atoms with Gasteiger partial charge in [0.1, 0.15) is 12.6 Å². The quantitative estimate of drug-likeness (QED) is 0.427. The molecule has 0 aliphatic carbocycles. The van der Waals surface area contributed by atoms with Crippen molar-refractivity contribution >= 4 is 11.9 Å². The number of hydrogen-bond acceptors (Lipinski definition) is 5. The number of amides is 1. The van der Waals surface area contributed by atoms with Crippen molar-refractivity contribution in [3.8, 4) is 17.2 Å². The molecule has 0 radical (unpaired) electrons. The maximum Gasteiger partial charge on any atom is 0.407 e. The summed E-state index contributed by atoms with van der Waals surface area (Å²) >= 11 is 0. The summed E-state index contributed by atoms with van der Waals surface area (Å²) in [6.45, 7) is 3.21. The number of alkyl halides is 3. The highest BCUT2D eigenvalue weighted by Crippen LogP contribution is 2.40. The molecule has 0 bridgehead atoms. The van der Waals surface area contributed by atoms with Crippen molar-refractivity contribution in [3.63, 3.8) is 0 Å². The van der Waals surface area contributed by atoms with Crippen molar-refractivity contribution in [2.75, 3.05) is 13.7 Å². The molecular formula is C24H26F3N3O3. The number of benzene rings is 2. The fourth-order valence-electron chi connectivity index (χ4n) is 3.55. The van der Waals surface area contributed by atoms with Gasteiger partial charge in [-0.25, -0.2) is 4.79 Å². The summed E-state index contributed by atoms with van der Waals surface area (Å²) in [4.78, 5) is 25.0. The summed E-state index contributed by atoms with van der Waals surface area (Å²) < 4.78 is 48.1. The first-order valence-electron chi connectivity index (χ1n) is 10.3. The lowest BCUT2D eigenvalue weighted by Crippen LogP contribution is -2.50. The van der Waals surface area contributed by atoms with Crippen LogP contribution in [-0.2, 0) is 9.53 Å². The van der Waals surface area contributed by atoms with Gasteiger partial charge in [-0.3, -0.25) is 10.1 Å². The van der Waals surface area contributed by atoms with Crippen LogP contribution in [0, 0.1) is 17.2 Å². The fourth-order valence-corrected chi connectivity index (χ4v) is 3.55. The lowest BCUT2D eigenvalue weighted by molar-refractivity contribution is -0.161. The van der Waals surface area contributed by atoms with E-state index < -0.39 is 30.1 Å². The van der Waals surface area contributed by atoms with Crippen molar-refractivity contribution in [1.29, 1.82) is 5.26 Å². The summed E-state index contributed by atoms with van der Waals surface area (Å²) in [6.07, 6.45) is -4.76. The van der Waals surface area contributed by atoms with E-state index in [9.17, 15) is 22.8 Å². The molecule has 2 aromatic carbocycles. The van der Waals surface area contributed by atoms with Gasteiger partial charge in [0.15, 0.2) is 0 Å². The molecule has 2 rings (SSSR count). The van der Waals surface area contributed by atoms with Gasteiger partial charge < -0.3 is 10.1 Å². The van der Waals surface area contributed by atoms with E-state index in [0.29, 0.717) is 5.56 Å². The molecule has 2 atom stereocenters. The minimum Gasteiger partial charge on any atom is -0.465 e. The number of esters is 1. The van der Waals surface area contributed by atoms with Crippen LogP contribution < -0.4 is 10.6 Å². The molecule has 1 amide bonds. The summed E-state index contributed by atoms with van der Waals surface area (Å²) in [7, 11) is 1.09. The Hall–Kier alpha value is -3.38. The van der Waals surface area contributed by atoms with E-state index in [0.717, 1.165) is 7.11 Å². The van der Waals surface area contributed by atoms with Gasteiger partial charge >= 0.3 is 12.1 Å². The fraction of sp³-hybridized carbons (Fsp3) is 0.375. The van der Waals surface area contributed by atoms with Crippen LogP contribution in [0.1, 0.15) is 42.2 Å². The summed E-state index contributed by atoms with van der Waals surface area (Å²) in [5, 5.41) is 13.5. The zero-order valence-electron chi connectivity index (χ0n) is 18.6. The lowest BCUT2D eigenvalue weighted by atomic mass is 9.89. The summed E-state index contributed by atoms with van der Waals surface area (Å²) in [6, 6.07) is 10.7. The van der Waals surface area contributed by atoms with Gasteiger partial charge in [0.05, 0.1) is 24.8 Å². The zero-order valence-corrected chi connectivity index (χ0v) is 18.6. The van der Waals surface area contributed by atoms with Crippen molar-refractivity contribution in [3.05, 3.63) is 59.7 Å². The van der Waals surface area contributed by atoms with Crippen LogP contribution in [0.3, 0.4) is 0 Å². The highest BCUT2D eigenvalue weighted by Gasteiger charge is 2.45. The molecular weight excluding hydrogens is 435 g/mol. The van der Waals surface area contributed by atoms with Crippen LogP contribution in [-0.4, -0.2) is 37.7 Å². The van der Waals surface area contributed by atoms with E-state index in [2.05, 4.69) is 10.6 Å². The standard InChI is InChI=1S/C24H26F3N3O3/c1-15(2)14-19(22(31)29-13-12-28)30-21(24(25,26)27)20-17(16-8-5-4-6-9-16)10-7-11-18(20)23(32)33-3/h4-11,15,19,21,30H,13-14H2,1-3H3,(H,29,31). The number of halogens is 3. The molecule has 2 aromatic rings. The van der Waals surface area contributed by atoms with Gasteiger partial charge in [-0.2, -0.15) is 18.4 Å².